The van der Waals surface area contributed by atoms with Crippen LogP contribution in [0.1, 0.15) is 18.4 Å². The molecule has 1 aliphatic heterocycles. The lowest BCUT2D eigenvalue weighted by Crippen LogP contribution is -2.35. The van der Waals surface area contributed by atoms with E-state index in [-0.39, 0.29) is 17.2 Å². The lowest BCUT2D eigenvalue weighted by molar-refractivity contribution is -0.137. The number of hydrogen-bond donors (Lipinski definition) is 1. The maximum atomic E-state index is 12.8. The number of benzene rings is 1. The normalized spacial score (nSPS) is 23.0. The second kappa shape index (κ2) is 5.03. The summed E-state index contributed by atoms with van der Waals surface area (Å²) < 4.78 is 61.3. The van der Waals surface area contributed by atoms with Gasteiger partial charge in [0.1, 0.15) is 0 Å². The summed E-state index contributed by atoms with van der Waals surface area (Å²) in [7, 11) is -3.14. The van der Waals surface area contributed by atoms with Gasteiger partial charge in [0.05, 0.1) is 17.1 Å². The Balaban J connectivity index is 2.20. The molecular weight excluding hydrogens is 279 g/mol. The van der Waals surface area contributed by atoms with E-state index in [1.54, 1.807) is 0 Å². The van der Waals surface area contributed by atoms with Crippen LogP contribution in [0.3, 0.4) is 0 Å². The fourth-order valence-electron chi connectivity index (χ4n) is 2.21. The van der Waals surface area contributed by atoms with Crippen LogP contribution in [0.4, 0.5) is 18.9 Å². The predicted molar refractivity (Wildman–Crippen MR) is 66.7 cm³/mol. The molecule has 1 saturated heterocycles. The van der Waals surface area contributed by atoms with Gasteiger partial charge in [-0.15, -0.1) is 0 Å². The van der Waals surface area contributed by atoms with Gasteiger partial charge in [-0.2, -0.15) is 13.2 Å². The molecule has 0 radical (unpaired) electrons. The van der Waals surface area contributed by atoms with E-state index in [1.807, 2.05) is 0 Å². The highest BCUT2D eigenvalue weighted by Gasteiger charge is 2.34. The van der Waals surface area contributed by atoms with Gasteiger partial charge in [0, 0.05) is 11.7 Å². The van der Waals surface area contributed by atoms with Crippen molar-refractivity contribution < 1.29 is 21.6 Å². The molecule has 7 heteroatoms. The van der Waals surface area contributed by atoms with Crippen molar-refractivity contribution in [1.29, 1.82) is 0 Å². The van der Waals surface area contributed by atoms with Crippen LogP contribution in [0.5, 0.6) is 0 Å². The van der Waals surface area contributed by atoms with Crippen LogP contribution in [0.2, 0.25) is 0 Å². The molecule has 0 aliphatic carbocycles. The first kappa shape index (κ1) is 14.2. The minimum Gasteiger partial charge on any atom is -0.381 e. The second-order valence-corrected chi connectivity index (χ2v) is 6.87. The van der Waals surface area contributed by atoms with Gasteiger partial charge in [-0.3, -0.25) is 0 Å². The number of anilines is 1. The average molecular weight is 293 g/mol. The van der Waals surface area contributed by atoms with E-state index in [1.165, 1.54) is 18.2 Å². The van der Waals surface area contributed by atoms with Crippen molar-refractivity contribution in [3.8, 4) is 0 Å². The molecule has 0 aromatic heterocycles. The maximum absolute atomic E-state index is 12.8. The summed E-state index contributed by atoms with van der Waals surface area (Å²) in [5.74, 6) is 0.00525. The average Bonchev–Trinajstić information content (AvgIpc) is 2.26. The van der Waals surface area contributed by atoms with Crippen molar-refractivity contribution in [3.05, 3.63) is 29.8 Å². The fraction of sp³-hybridized carbons (Fsp3) is 0.500. The smallest absolute Gasteiger partial charge is 0.381 e. The summed E-state index contributed by atoms with van der Waals surface area (Å²) >= 11 is 0. The molecule has 1 fully saturated rings. The minimum absolute atomic E-state index is 0.0582. The molecule has 3 nitrogen and oxygen atoms in total. The first-order chi connectivity index (χ1) is 8.78. The molecule has 1 atom stereocenters. The third-order valence-electron chi connectivity index (χ3n) is 3.06. The van der Waals surface area contributed by atoms with Crippen LogP contribution in [0.15, 0.2) is 24.3 Å². The van der Waals surface area contributed by atoms with Gasteiger partial charge >= 0.3 is 6.18 Å². The molecule has 0 saturated carbocycles. The molecular formula is C12H14F3NO2S. The molecule has 0 amide bonds. The Hall–Kier alpha value is -1.24. The first-order valence-electron chi connectivity index (χ1n) is 5.91. The molecule has 19 heavy (non-hydrogen) atoms. The quantitative estimate of drug-likeness (QED) is 0.912. The summed E-state index contributed by atoms with van der Waals surface area (Å²) in [6.07, 6.45) is -3.41. The second-order valence-electron chi connectivity index (χ2n) is 4.64. The molecule has 1 aromatic rings. The van der Waals surface area contributed by atoms with Crippen molar-refractivity contribution >= 4 is 15.5 Å². The number of alkyl halides is 3. The summed E-state index contributed by atoms with van der Waals surface area (Å²) in [5.41, 5.74) is -0.824. The van der Waals surface area contributed by atoms with Crippen LogP contribution < -0.4 is 5.32 Å². The molecule has 1 aromatic carbocycles. The first-order valence-corrected chi connectivity index (χ1v) is 7.73. The SMILES string of the molecule is O=S1(=O)CCCC(Nc2ccccc2C(F)(F)F)C1. The van der Waals surface area contributed by atoms with Gasteiger partial charge in [0.25, 0.3) is 0 Å². The lowest BCUT2D eigenvalue weighted by atomic mass is 10.1. The maximum Gasteiger partial charge on any atom is 0.418 e. The Labute approximate surface area is 109 Å². The third-order valence-corrected chi connectivity index (χ3v) is 4.88. The summed E-state index contributed by atoms with van der Waals surface area (Å²) in [6.45, 7) is 0. The molecule has 1 aliphatic rings. The van der Waals surface area contributed by atoms with E-state index in [0.717, 1.165) is 6.07 Å². The number of rotatable bonds is 2. The topological polar surface area (TPSA) is 46.2 Å². The number of nitrogens with one attached hydrogen (secondary N) is 1. The van der Waals surface area contributed by atoms with E-state index in [2.05, 4.69) is 5.32 Å². The van der Waals surface area contributed by atoms with Crippen molar-refractivity contribution in [2.24, 2.45) is 0 Å². The zero-order chi connectivity index (χ0) is 14.1. The van der Waals surface area contributed by atoms with Crippen molar-refractivity contribution in [2.75, 3.05) is 16.8 Å². The summed E-state index contributed by atoms with van der Waals surface area (Å²) in [5, 5.41) is 2.71. The van der Waals surface area contributed by atoms with E-state index < -0.39 is 27.6 Å². The minimum atomic E-state index is -4.45. The zero-order valence-electron chi connectivity index (χ0n) is 10.1. The standard InChI is InChI=1S/C12H14F3NO2S/c13-12(14,15)10-5-1-2-6-11(10)16-9-4-3-7-19(17,18)8-9/h1-2,5-6,9,16H,3-4,7-8H2. The number of para-hydroxylation sites is 1. The molecule has 0 spiro atoms. The van der Waals surface area contributed by atoms with Gasteiger partial charge in [-0.1, -0.05) is 12.1 Å². The Morgan fingerprint density at radius 1 is 1.21 bits per heavy atom. The predicted octanol–water partition coefficient (Wildman–Crippen LogP) is 2.69. The number of hydrogen-bond acceptors (Lipinski definition) is 3. The zero-order valence-corrected chi connectivity index (χ0v) is 10.9. The van der Waals surface area contributed by atoms with E-state index in [0.29, 0.717) is 12.8 Å². The lowest BCUT2D eigenvalue weighted by Gasteiger charge is -2.25. The van der Waals surface area contributed by atoms with Gasteiger partial charge < -0.3 is 5.32 Å². The molecule has 0 bridgehead atoms. The monoisotopic (exact) mass is 293 g/mol. The van der Waals surface area contributed by atoms with Crippen molar-refractivity contribution in [2.45, 2.75) is 25.1 Å². The highest BCUT2D eigenvalue weighted by Crippen LogP contribution is 2.35. The third kappa shape index (κ3) is 3.62. The van der Waals surface area contributed by atoms with Gasteiger partial charge in [-0.05, 0) is 25.0 Å². The molecule has 1 heterocycles. The highest BCUT2D eigenvalue weighted by molar-refractivity contribution is 7.91. The Morgan fingerprint density at radius 3 is 2.53 bits per heavy atom. The number of halogens is 3. The Bertz CT molecular complexity index is 554. The molecule has 1 N–H and O–H groups in total. The number of sulfone groups is 1. The highest BCUT2D eigenvalue weighted by atomic mass is 32.2. The van der Waals surface area contributed by atoms with Gasteiger partial charge in [-0.25, -0.2) is 8.42 Å². The van der Waals surface area contributed by atoms with Crippen LogP contribution in [-0.4, -0.2) is 26.0 Å². The fourth-order valence-corrected chi connectivity index (χ4v) is 3.85. The van der Waals surface area contributed by atoms with E-state index in [9.17, 15) is 21.6 Å². The molecule has 2 rings (SSSR count). The van der Waals surface area contributed by atoms with Gasteiger partial charge in [0.15, 0.2) is 9.84 Å². The van der Waals surface area contributed by atoms with Crippen LogP contribution in [-0.2, 0) is 16.0 Å². The van der Waals surface area contributed by atoms with E-state index in [4.69, 9.17) is 0 Å². The van der Waals surface area contributed by atoms with Crippen molar-refractivity contribution in [3.63, 3.8) is 0 Å². The summed E-state index contributed by atoms with van der Waals surface area (Å²) in [4.78, 5) is 0. The summed E-state index contributed by atoms with van der Waals surface area (Å²) in [6, 6.07) is 4.66. The van der Waals surface area contributed by atoms with Crippen LogP contribution in [0.25, 0.3) is 0 Å². The van der Waals surface area contributed by atoms with E-state index >= 15 is 0 Å². The van der Waals surface area contributed by atoms with Gasteiger partial charge in [0.2, 0.25) is 0 Å². The molecule has 106 valence electrons. The van der Waals surface area contributed by atoms with Crippen LogP contribution >= 0.6 is 0 Å². The Morgan fingerprint density at radius 2 is 1.89 bits per heavy atom. The van der Waals surface area contributed by atoms with Crippen LogP contribution in [0, 0.1) is 0 Å². The largest absolute Gasteiger partial charge is 0.418 e. The Kier molecular flexibility index (Phi) is 3.75. The van der Waals surface area contributed by atoms with Crippen molar-refractivity contribution in [1.82, 2.24) is 0 Å². The molecule has 1 unspecified atom stereocenters.